The van der Waals surface area contributed by atoms with Crippen LogP contribution in [-0.4, -0.2) is 26.6 Å². The molecule has 0 radical (unpaired) electrons. The molecule has 0 saturated heterocycles. The fourth-order valence-corrected chi connectivity index (χ4v) is 3.46. The summed E-state index contributed by atoms with van der Waals surface area (Å²) in [6, 6.07) is 13.7. The van der Waals surface area contributed by atoms with E-state index in [-0.39, 0.29) is 11.8 Å². The van der Waals surface area contributed by atoms with Crippen molar-refractivity contribution in [2.24, 2.45) is 0 Å². The van der Waals surface area contributed by atoms with Gasteiger partial charge < -0.3 is 24.0 Å². The van der Waals surface area contributed by atoms with Crippen LogP contribution in [0.25, 0.3) is 11.5 Å². The van der Waals surface area contributed by atoms with Gasteiger partial charge in [0.2, 0.25) is 11.8 Å². The third-order valence-electron chi connectivity index (χ3n) is 5.49. The highest BCUT2D eigenvalue weighted by molar-refractivity contribution is 5.76. The number of aryl methyl sites for hydroxylation is 1. The van der Waals surface area contributed by atoms with Gasteiger partial charge in [0.15, 0.2) is 17.2 Å². The Kier molecular flexibility index (Phi) is 6.97. The van der Waals surface area contributed by atoms with Crippen molar-refractivity contribution in [2.45, 2.75) is 45.4 Å². The van der Waals surface area contributed by atoms with Crippen LogP contribution in [0, 0.1) is 12.7 Å². The molecule has 8 nitrogen and oxygen atoms in total. The highest BCUT2D eigenvalue weighted by Crippen LogP contribution is 2.27. The summed E-state index contributed by atoms with van der Waals surface area (Å²) < 4.78 is 31.3. The van der Waals surface area contributed by atoms with Crippen LogP contribution in [0.5, 0.6) is 5.75 Å². The second kappa shape index (κ2) is 10.1. The summed E-state index contributed by atoms with van der Waals surface area (Å²) in [4.78, 5) is 20.2. The van der Waals surface area contributed by atoms with Gasteiger partial charge in [-0.3, -0.25) is 0 Å². The Hall–Kier alpha value is -3.98. The van der Waals surface area contributed by atoms with Gasteiger partial charge in [0.05, 0.1) is 17.9 Å². The van der Waals surface area contributed by atoms with E-state index in [0.29, 0.717) is 36.1 Å². The number of aliphatic carboxylic acids is 1. The van der Waals surface area contributed by atoms with Crippen molar-refractivity contribution in [3.8, 4) is 17.2 Å². The molecular formula is C26H26FN3O5. The highest BCUT2D eigenvalue weighted by atomic mass is 19.1. The minimum absolute atomic E-state index is 0.128. The molecule has 4 aromatic rings. The van der Waals surface area contributed by atoms with Crippen molar-refractivity contribution < 1.29 is 27.9 Å². The number of carboxylic acid groups (broad SMARTS) is 1. The monoisotopic (exact) mass is 479 g/mol. The maximum atomic E-state index is 14.6. The standard InChI is InChI=1S/C26H26FN3O5/c1-16-20(30-23(34-16)18-7-5-4-6-8-18)14-21(24-28-11-12-33-24)29-15-17-9-10-22(19(27)13-17)35-26(2,3)25(31)32/h4-13,21,29H,14-15H2,1-3H3,(H,31,32). The molecule has 2 aromatic heterocycles. The Morgan fingerprint density at radius 2 is 2.00 bits per heavy atom. The zero-order valence-corrected chi connectivity index (χ0v) is 19.6. The first-order valence-corrected chi connectivity index (χ1v) is 11.1. The van der Waals surface area contributed by atoms with Gasteiger partial charge >= 0.3 is 5.97 Å². The minimum atomic E-state index is -1.55. The predicted molar refractivity (Wildman–Crippen MR) is 125 cm³/mol. The zero-order valence-electron chi connectivity index (χ0n) is 19.6. The van der Waals surface area contributed by atoms with Crippen LogP contribution in [0.4, 0.5) is 4.39 Å². The average molecular weight is 480 g/mol. The van der Waals surface area contributed by atoms with Gasteiger partial charge in [0.1, 0.15) is 12.0 Å². The van der Waals surface area contributed by atoms with E-state index in [0.717, 1.165) is 11.3 Å². The van der Waals surface area contributed by atoms with Crippen molar-refractivity contribution in [3.63, 3.8) is 0 Å². The van der Waals surface area contributed by atoms with Crippen LogP contribution in [0.1, 0.15) is 42.8 Å². The quantitative estimate of drug-likeness (QED) is 0.324. The van der Waals surface area contributed by atoms with E-state index in [9.17, 15) is 14.3 Å². The van der Waals surface area contributed by atoms with Crippen LogP contribution in [0.2, 0.25) is 0 Å². The number of oxazole rings is 2. The second-order valence-electron chi connectivity index (χ2n) is 8.58. The fraction of sp³-hybridized carbons (Fsp3) is 0.269. The maximum Gasteiger partial charge on any atom is 0.347 e. The summed E-state index contributed by atoms with van der Waals surface area (Å²) in [6.07, 6.45) is 3.50. The van der Waals surface area contributed by atoms with Crippen molar-refractivity contribution >= 4 is 5.97 Å². The number of carboxylic acids is 1. The second-order valence-corrected chi connectivity index (χ2v) is 8.58. The van der Waals surface area contributed by atoms with E-state index in [1.807, 2.05) is 37.3 Å². The number of carbonyl (C=O) groups is 1. The number of halogens is 1. The van der Waals surface area contributed by atoms with Gasteiger partial charge in [0, 0.05) is 18.5 Å². The first-order chi connectivity index (χ1) is 16.7. The van der Waals surface area contributed by atoms with E-state index in [4.69, 9.17) is 13.6 Å². The van der Waals surface area contributed by atoms with Crippen LogP contribution >= 0.6 is 0 Å². The third-order valence-corrected chi connectivity index (χ3v) is 5.49. The molecule has 1 unspecified atom stereocenters. The molecule has 0 spiro atoms. The number of nitrogens with zero attached hydrogens (tertiary/aromatic N) is 2. The van der Waals surface area contributed by atoms with Crippen LogP contribution in [0.15, 0.2) is 69.8 Å². The fourth-order valence-electron chi connectivity index (χ4n) is 3.46. The summed E-state index contributed by atoms with van der Waals surface area (Å²) in [5, 5.41) is 12.5. The summed E-state index contributed by atoms with van der Waals surface area (Å²) in [5.74, 6) is -0.266. The molecule has 0 aliphatic carbocycles. The largest absolute Gasteiger partial charge is 0.478 e. The van der Waals surface area contributed by atoms with E-state index in [1.54, 1.807) is 12.3 Å². The Labute approximate surface area is 201 Å². The van der Waals surface area contributed by atoms with Gasteiger partial charge in [-0.25, -0.2) is 19.2 Å². The van der Waals surface area contributed by atoms with E-state index in [1.165, 1.54) is 32.2 Å². The smallest absolute Gasteiger partial charge is 0.347 e. The molecule has 0 amide bonds. The Morgan fingerprint density at radius 1 is 1.23 bits per heavy atom. The molecule has 1 atom stereocenters. The van der Waals surface area contributed by atoms with Crippen molar-refractivity contribution in [1.82, 2.24) is 15.3 Å². The molecule has 0 fully saturated rings. The average Bonchev–Trinajstić information content (AvgIpc) is 3.49. The van der Waals surface area contributed by atoms with Crippen molar-refractivity contribution in [2.75, 3.05) is 0 Å². The summed E-state index contributed by atoms with van der Waals surface area (Å²) in [6.45, 7) is 4.88. The lowest BCUT2D eigenvalue weighted by atomic mass is 10.1. The van der Waals surface area contributed by atoms with E-state index >= 15 is 0 Å². The Morgan fingerprint density at radius 3 is 2.66 bits per heavy atom. The number of hydrogen-bond acceptors (Lipinski definition) is 7. The normalized spacial score (nSPS) is 12.5. The van der Waals surface area contributed by atoms with Crippen LogP contribution in [0.3, 0.4) is 0 Å². The molecule has 35 heavy (non-hydrogen) atoms. The zero-order chi connectivity index (χ0) is 25.0. The Bertz CT molecular complexity index is 1290. The van der Waals surface area contributed by atoms with Gasteiger partial charge in [-0.2, -0.15) is 0 Å². The molecule has 0 saturated carbocycles. The minimum Gasteiger partial charge on any atom is -0.478 e. The first-order valence-electron chi connectivity index (χ1n) is 11.1. The summed E-state index contributed by atoms with van der Waals surface area (Å²) >= 11 is 0. The molecule has 2 aromatic carbocycles. The number of ether oxygens (including phenoxy) is 1. The number of hydrogen-bond donors (Lipinski definition) is 2. The predicted octanol–water partition coefficient (Wildman–Crippen LogP) is 5.09. The van der Waals surface area contributed by atoms with Gasteiger partial charge in [-0.05, 0) is 50.6 Å². The molecule has 2 heterocycles. The lowest BCUT2D eigenvalue weighted by molar-refractivity contribution is -0.152. The summed E-state index contributed by atoms with van der Waals surface area (Å²) in [7, 11) is 0. The van der Waals surface area contributed by atoms with Crippen LogP contribution < -0.4 is 10.1 Å². The number of benzene rings is 2. The van der Waals surface area contributed by atoms with Crippen molar-refractivity contribution in [1.29, 1.82) is 0 Å². The molecule has 9 heteroatoms. The number of aromatic nitrogens is 2. The van der Waals surface area contributed by atoms with E-state index < -0.39 is 17.4 Å². The lowest BCUT2D eigenvalue weighted by Crippen LogP contribution is -2.38. The number of nitrogens with one attached hydrogen (secondary N) is 1. The maximum absolute atomic E-state index is 14.6. The van der Waals surface area contributed by atoms with Gasteiger partial charge in [0.25, 0.3) is 0 Å². The van der Waals surface area contributed by atoms with Gasteiger partial charge in [-0.1, -0.05) is 24.3 Å². The molecule has 4 rings (SSSR count). The lowest BCUT2D eigenvalue weighted by Gasteiger charge is -2.22. The highest BCUT2D eigenvalue weighted by Gasteiger charge is 2.30. The molecule has 0 aliphatic heterocycles. The van der Waals surface area contributed by atoms with E-state index in [2.05, 4.69) is 15.3 Å². The molecular weight excluding hydrogens is 453 g/mol. The Balaban J connectivity index is 1.49. The SMILES string of the molecule is Cc1oc(-c2ccccc2)nc1CC(NCc1ccc(OC(C)(C)C(=O)O)c(F)c1)c1ncco1. The third kappa shape index (κ3) is 5.75. The molecule has 0 bridgehead atoms. The number of rotatable bonds is 10. The van der Waals surface area contributed by atoms with Crippen LogP contribution in [-0.2, 0) is 17.8 Å². The van der Waals surface area contributed by atoms with Gasteiger partial charge in [-0.15, -0.1) is 0 Å². The summed E-state index contributed by atoms with van der Waals surface area (Å²) in [5.41, 5.74) is 0.725. The first kappa shape index (κ1) is 24.2. The topological polar surface area (TPSA) is 111 Å². The molecule has 0 aliphatic rings. The van der Waals surface area contributed by atoms with Crippen molar-refractivity contribution in [3.05, 3.63) is 89.7 Å². The molecule has 2 N–H and O–H groups in total. The molecule has 182 valence electrons.